The minimum Gasteiger partial charge on any atom is -1.00 e. The molecule has 1 unspecified atom stereocenters. The molecule has 0 aromatic heterocycles. The summed E-state index contributed by atoms with van der Waals surface area (Å²) in [6, 6.07) is 4.10. The smallest absolute Gasteiger partial charge is 0.447 e. The van der Waals surface area contributed by atoms with Crippen LogP contribution in [0.15, 0.2) is 18.2 Å². The molecule has 0 spiro atoms. The molecule has 1 atom stereocenters. The number of benzene rings is 1. The van der Waals surface area contributed by atoms with Crippen LogP contribution in [0.3, 0.4) is 0 Å². The van der Waals surface area contributed by atoms with Gasteiger partial charge < -0.3 is 21.9 Å². The van der Waals surface area contributed by atoms with Gasteiger partial charge in [0.05, 0.1) is 19.9 Å². The Balaban J connectivity index is 0.00000484. The minimum atomic E-state index is -4.38. The molecule has 3 N–H and O–H groups in total. The number of hydrogen-bond donors (Lipinski definition) is 2. The van der Waals surface area contributed by atoms with Crippen LogP contribution in [0.25, 0.3) is 0 Å². The standard InChI is InChI=1S/C13H17F3N2O3S.ClH/c1-4-11(22-13(14,15)16)18-12(19)17-8-5-9(20-2)7-10(6-8)21-3;/h5-7,11H,4H2,1-3H3,(H2,17,18,19);1H. The van der Waals surface area contributed by atoms with Gasteiger partial charge in [0, 0.05) is 36.4 Å². The van der Waals surface area contributed by atoms with Crippen molar-refractivity contribution in [1.29, 1.82) is 0 Å². The second-order valence-corrected chi connectivity index (χ2v) is 5.57. The van der Waals surface area contributed by atoms with Crippen LogP contribution in [0, 0.1) is 0 Å². The molecule has 1 rings (SSSR count). The number of alkyl halides is 3. The molecule has 0 aliphatic heterocycles. The summed E-state index contributed by atoms with van der Waals surface area (Å²) in [4.78, 5) is 11.8. The molecule has 2 amide bonds. The van der Waals surface area contributed by atoms with E-state index < -0.39 is 16.9 Å². The fraction of sp³-hybridized carbons (Fsp3) is 0.462. The SMILES string of the molecule is CCC([NH2+]C(=O)Nc1cc(OC)cc(OC)c1)SC(F)(F)F.[Cl-]. The predicted molar refractivity (Wildman–Crippen MR) is 78.2 cm³/mol. The number of rotatable bonds is 6. The van der Waals surface area contributed by atoms with Crippen molar-refractivity contribution in [3.05, 3.63) is 18.2 Å². The van der Waals surface area contributed by atoms with Crippen LogP contribution in [0.1, 0.15) is 13.3 Å². The first-order valence-electron chi connectivity index (χ1n) is 6.41. The fourth-order valence-electron chi connectivity index (χ4n) is 1.64. The van der Waals surface area contributed by atoms with Gasteiger partial charge in [0.2, 0.25) is 0 Å². The highest BCUT2D eigenvalue weighted by atomic mass is 35.5. The maximum atomic E-state index is 12.3. The summed E-state index contributed by atoms with van der Waals surface area (Å²) < 4.78 is 47.1. The van der Waals surface area contributed by atoms with E-state index in [-0.39, 0.29) is 30.6 Å². The average Bonchev–Trinajstić information content (AvgIpc) is 2.44. The Labute approximate surface area is 142 Å². The molecule has 1 aromatic rings. The Morgan fingerprint density at radius 1 is 1.26 bits per heavy atom. The monoisotopic (exact) mass is 374 g/mol. The van der Waals surface area contributed by atoms with Crippen molar-refractivity contribution in [2.24, 2.45) is 0 Å². The average molecular weight is 375 g/mol. The molecule has 5 nitrogen and oxygen atoms in total. The van der Waals surface area contributed by atoms with Gasteiger partial charge in [-0.1, -0.05) is 6.92 Å². The molecule has 0 saturated heterocycles. The summed E-state index contributed by atoms with van der Waals surface area (Å²) in [6.45, 7) is 1.59. The third-order valence-electron chi connectivity index (χ3n) is 2.64. The van der Waals surface area contributed by atoms with Gasteiger partial charge in [-0.05, 0) is 0 Å². The van der Waals surface area contributed by atoms with Gasteiger partial charge in [-0.3, -0.25) is 10.6 Å². The first-order valence-corrected chi connectivity index (χ1v) is 7.28. The summed E-state index contributed by atoms with van der Waals surface area (Å²) in [5.74, 6) is 0.928. The third kappa shape index (κ3) is 8.19. The molecule has 0 aliphatic rings. The van der Waals surface area contributed by atoms with Gasteiger partial charge in [-0.15, -0.1) is 0 Å². The highest BCUT2D eigenvalue weighted by molar-refractivity contribution is 8.00. The number of carbonyl (C=O) groups excluding carboxylic acids is 1. The Morgan fingerprint density at radius 2 is 1.78 bits per heavy atom. The van der Waals surface area contributed by atoms with E-state index in [1.165, 1.54) is 14.2 Å². The quantitative estimate of drug-likeness (QED) is 0.677. The van der Waals surface area contributed by atoms with Crippen LogP contribution in [-0.4, -0.2) is 31.1 Å². The Bertz CT molecular complexity index is 495. The number of nitrogens with two attached hydrogens (primary N) is 1. The molecule has 0 fully saturated rings. The summed E-state index contributed by atoms with van der Waals surface area (Å²) in [5.41, 5.74) is -4.00. The van der Waals surface area contributed by atoms with E-state index in [4.69, 9.17) is 9.47 Å². The number of anilines is 1. The highest BCUT2D eigenvalue weighted by Gasteiger charge is 2.35. The first-order chi connectivity index (χ1) is 10.3. The van der Waals surface area contributed by atoms with E-state index >= 15 is 0 Å². The number of quaternary nitrogens is 1. The topological polar surface area (TPSA) is 64.2 Å². The number of primary amides is 1. The maximum Gasteiger partial charge on any atom is 0.447 e. The predicted octanol–water partition coefficient (Wildman–Crippen LogP) is -0.208. The number of nitrogens with one attached hydrogen (secondary N) is 1. The van der Waals surface area contributed by atoms with E-state index in [1.54, 1.807) is 25.1 Å². The number of thioether (sulfide) groups is 1. The van der Waals surface area contributed by atoms with Gasteiger partial charge >= 0.3 is 11.5 Å². The van der Waals surface area contributed by atoms with Crippen LogP contribution in [-0.2, 0) is 0 Å². The van der Waals surface area contributed by atoms with Crippen molar-refractivity contribution in [3.8, 4) is 11.5 Å². The van der Waals surface area contributed by atoms with E-state index in [0.717, 1.165) is 5.32 Å². The molecular weight excluding hydrogens is 357 g/mol. The van der Waals surface area contributed by atoms with Gasteiger partial charge in [-0.25, -0.2) is 4.79 Å². The van der Waals surface area contributed by atoms with E-state index in [1.807, 2.05) is 0 Å². The molecule has 0 saturated carbocycles. The van der Waals surface area contributed by atoms with Gasteiger partial charge in [0.1, 0.15) is 16.9 Å². The van der Waals surface area contributed by atoms with Crippen molar-refractivity contribution in [2.75, 3.05) is 19.5 Å². The normalized spacial score (nSPS) is 12.1. The van der Waals surface area contributed by atoms with Gasteiger partial charge in [0.15, 0.2) is 0 Å². The lowest BCUT2D eigenvalue weighted by Crippen LogP contribution is -3.00. The lowest BCUT2D eigenvalue weighted by Gasteiger charge is -2.14. The lowest BCUT2D eigenvalue weighted by atomic mass is 10.3. The van der Waals surface area contributed by atoms with Gasteiger partial charge in [-0.2, -0.15) is 13.2 Å². The summed E-state index contributed by atoms with van der Waals surface area (Å²) in [7, 11) is 2.92. The number of hydrogen-bond acceptors (Lipinski definition) is 4. The number of carbonyl (C=O) groups is 1. The van der Waals surface area contributed by atoms with E-state index in [9.17, 15) is 18.0 Å². The zero-order chi connectivity index (χ0) is 16.8. The number of halogens is 4. The summed E-state index contributed by atoms with van der Waals surface area (Å²) >= 11 is -0.210. The van der Waals surface area contributed by atoms with Crippen LogP contribution in [0.5, 0.6) is 11.5 Å². The first kappa shape index (κ1) is 21.7. The number of methoxy groups -OCH3 is 2. The molecular formula is C13H18ClF3N2O3S. The molecule has 23 heavy (non-hydrogen) atoms. The third-order valence-corrected chi connectivity index (χ3v) is 3.68. The van der Waals surface area contributed by atoms with Crippen molar-refractivity contribution in [1.82, 2.24) is 0 Å². The zero-order valence-corrected chi connectivity index (χ0v) is 14.3. The summed E-state index contributed by atoms with van der Waals surface area (Å²) in [5, 5.41) is 2.59. The van der Waals surface area contributed by atoms with Crippen molar-refractivity contribution >= 4 is 23.5 Å². The Morgan fingerprint density at radius 3 is 2.17 bits per heavy atom. The number of urea groups is 1. The number of amides is 2. The van der Waals surface area contributed by atoms with Crippen LogP contribution >= 0.6 is 11.8 Å². The zero-order valence-electron chi connectivity index (χ0n) is 12.7. The molecule has 0 radical (unpaired) electrons. The second kappa shape index (κ2) is 9.74. The summed E-state index contributed by atoms with van der Waals surface area (Å²) in [6.07, 6.45) is 0.193. The largest absolute Gasteiger partial charge is 1.00 e. The van der Waals surface area contributed by atoms with Gasteiger partial charge in [0.25, 0.3) is 0 Å². The lowest BCUT2D eigenvalue weighted by molar-refractivity contribution is -0.567. The molecule has 132 valence electrons. The molecule has 0 aliphatic carbocycles. The van der Waals surface area contributed by atoms with Crippen LogP contribution in [0.4, 0.5) is 23.7 Å². The molecule has 0 bridgehead atoms. The minimum absolute atomic E-state index is 0. The molecule has 10 heteroatoms. The highest BCUT2D eigenvalue weighted by Crippen LogP contribution is 2.32. The Kier molecular flexibility index (Phi) is 9.18. The van der Waals surface area contributed by atoms with Crippen LogP contribution in [0.2, 0.25) is 0 Å². The van der Waals surface area contributed by atoms with Crippen LogP contribution < -0.4 is 32.5 Å². The number of ether oxygens (including phenoxy) is 2. The van der Waals surface area contributed by atoms with E-state index in [0.29, 0.717) is 17.2 Å². The second-order valence-electron chi connectivity index (χ2n) is 4.27. The van der Waals surface area contributed by atoms with Crippen molar-refractivity contribution < 1.29 is 45.2 Å². The fourth-order valence-corrected chi connectivity index (χ4v) is 2.34. The van der Waals surface area contributed by atoms with Crippen molar-refractivity contribution in [3.63, 3.8) is 0 Å². The molecule has 1 aromatic carbocycles. The Hall–Kier alpha value is -1.32. The van der Waals surface area contributed by atoms with E-state index in [2.05, 4.69) is 5.32 Å². The maximum absolute atomic E-state index is 12.3. The molecule has 0 heterocycles. The van der Waals surface area contributed by atoms with Crippen molar-refractivity contribution in [2.45, 2.75) is 24.2 Å².